The Labute approximate surface area is 143 Å². The summed E-state index contributed by atoms with van der Waals surface area (Å²) < 4.78 is 5.79. The van der Waals surface area contributed by atoms with Gasteiger partial charge in [-0.15, -0.1) is 11.3 Å². The zero-order valence-electron chi connectivity index (χ0n) is 14.6. The molecule has 130 valence electrons. The van der Waals surface area contributed by atoms with Crippen molar-refractivity contribution < 1.29 is 9.53 Å². The second-order valence-electron chi connectivity index (χ2n) is 6.91. The molecule has 0 saturated carbocycles. The maximum absolute atomic E-state index is 12.0. The zero-order valence-corrected chi connectivity index (χ0v) is 15.4. The van der Waals surface area contributed by atoms with Crippen molar-refractivity contribution in [3.63, 3.8) is 0 Å². The predicted octanol–water partition coefficient (Wildman–Crippen LogP) is 2.48. The summed E-state index contributed by atoms with van der Waals surface area (Å²) >= 11 is 1.72. The summed E-state index contributed by atoms with van der Waals surface area (Å²) in [7, 11) is 0. The molecule has 1 aromatic heterocycles. The fourth-order valence-electron chi connectivity index (χ4n) is 2.90. The molecule has 2 atom stereocenters. The highest BCUT2D eigenvalue weighted by Gasteiger charge is 2.33. The van der Waals surface area contributed by atoms with Gasteiger partial charge in [-0.2, -0.15) is 0 Å². The second kappa shape index (κ2) is 8.13. The van der Waals surface area contributed by atoms with Crippen LogP contribution in [0, 0.1) is 0 Å². The van der Waals surface area contributed by atoms with Crippen LogP contribution in [0.4, 0.5) is 4.79 Å². The van der Waals surface area contributed by atoms with Crippen LogP contribution in [0.15, 0.2) is 17.5 Å². The van der Waals surface area contributed by atoms with Crippen LogP contribution in [0.5, 0.6) is 0 Å². The highest BCUT2D eigenvalue weighted by Crippen LogP contribution is 2.20. The molecule has 0 bridgehead atoms. The van der Waals surface area contributed by atoms with Crippen molar-refractivity contribution in [3.05, 3.63) is 22.4 Å². The highest BCUT2D eigenvalue weighted by molar-refractivity contribution is 7.09. The predicted molar refractivity (Wildman–Crippen MR) is 95.1 cm³/mol. The van der Waals surface area contributed by atoms with E-state index in [-0.39, 0.29) is 23.8 Å². The molecular weight excluding hydrogens is 310 g/mol. The molecule has 1 fully saturated rings. The van der Waals surface area contributed by atoms with Crippen LogP contribution in [-0.4, -0.2) is 54.9 Å². The quantitative estimate of drug-likeness (QED) is 0.837. The fraction of sp³-hybridized carbons (Fsp3) is 0.706. The number of amides is 2. The molecule has 0 aliphatic carbocycles. The van der Waals surface area contributed by atoms with E-state index in [0.717, 1.165) is 19.5 Å². The fourth-order valence-corrected chi connectivity index (χ4v) is 3.61. The SMILES string of the molecule is C[C@@H]1CN(C(C)(C)CNC(=O)NCCc2cccs2)C[C@@H](C)O1. The maximum atomic E-state index is 12.0. The first-order valence-electron chi connectivity index (χ1n) is 8.31. The van der Waals surface area contributed by atoms with Gasteiger partial charge in [-0.1, -0.05) is 6.07 Å². The van der Waals surface area contributed by atoms with E-state index in [0.29, 0.717) is 13.1 Å². The van der Waals surface area contributed by atoms with Crippen molar-refractivity contribution in [2.24, 2.45) is 0 Å². The van der Waals surface area contributed by atoms with Crippen molar-refractivity contribution >= 4 is 17.4 Å². The van der Waals surface area contributed by atoms with Gasteiger partial charge in [0.2, 0.25) is 0 Å². The Kier molecular flexibility index (Phi) is 6.44. The lowest BCUT2D eigenvalue weighted by atomic mass is 10.00. The molecule has 23 heavy (non-hydrogen) atoms. The average Bonchev–Trinajstić information content (AvgIpc) is 2.97. The Balaban J connectivity index is 1.71. The molecule has 1 saturated heterocycles. The Morgan fingerprint density at radius 3 is 2.65 bits per heavy atom. The first kappa shape index (κ1) is 18.2. The number of ether oxygens (including phenoxy) is 1. The molecule has 0 spiro atoms. The Morgan fingerprint density at radius 1 is 1.35 bits per heavy atom. The molecule has 1 aliphatic rings. The minimum absolute atomic E-state index is 0.0859. The molecule has 1 aliphatic heterocycles. The molecule has 2 N–H and O–H groups in total. The molecule has 2 rings (SSSR count). The summed E-state index contributed by atoms with van der Waals surface area (Å²) in [4.78, 5) is 15.7. The number of carbonyl (C=O) groups excluding carboxylic acids is 1. The standard InChI is InChI=1S/C17H29N3O2S/c1-13-10-20(11-14(2)22-13)17(3,4)12-19-16(21)18-8-7-15-6-5-9-23-15/h5-6,9,13-14H,7-8,10-12H2,1-4H3,(H2,18,19,21)/t13-,14-/m1/s1. The summed E-state index contributed by atoms with van der Waals surface area (Å²) in [5.74, 6) is 0. The van der Waals surface area contributed by atoms with E-state index in [1.165, 1.54) is 4.88 Å². The van der Waals surface area contributed by atoms with Gasteiger partial charge in [0, 0.05) is 36.6 Å². The number of thiophene rings is 1. The van der Waals surface area contributed by atoms with Crippen LogP contribution < -0.4 is 10.6 Å². The van der Waals surface area contributed by atoms with Crippen molar-refractivity contribution in [2.75, 3.05) is 26.2 Å². The monoisotopic (exact) mass is 339 g/mol. The Morgan fingerprint density at radius 2 is 2.04 bits per heavy atom. The number of rotatable bonds is 6. The van der Waals surface area contributed by atoms with E-state index in [1.807, 2.05) is 6.07 Å². The average molecular weight is 340 g/mol. The van der Waals surface area contributed by atoms with Crippen molar-refractivity contribution in [2.45, 2.75) is 51.9 Å². The van der Waals surface area contributed by atoms with Gasteiger partial charge in [0.1, 0.15) is 0 Å². The van der Waals surface area contributed by atoms with Gasteiger partial charge < -0.3 is 15.4 Å². The third-order valence-corrected chi connectivity index (χ3v) is 5.13. The normalized spacial score (nSPS) is 22.8. The third-order valence-electron chi connectivity index (χ3n) is 4.19. The molecule has 1 aromatic rings. The summed E-state index contributed by atoms with van der Waals surface area (Å²) in [5, 5.41) is 7.99. The van der Waals surface area contributed by atoms with Crippen LogP contribution in [0.1, 0.15) is 32.6 Å². The van der Waals surface area contributed by atoms with Crippen LogP contribution in [0.3, 0.4) is 0 Å². The third kappa shape index (κ3) is 5.79. The largest absolute Gasteiger partial charge is 0.373 e. The summed E-state index contributed by atoms with van der Waals surface area (Å²) in [6.07, 6.45) is 1.35. The number of hydrogen-bond acceptors (Lipinski definition) is 4. The van der Waals surface area contributed by atoms with Crippen molar-refractivity contribution in [1.82, 2.24) is 15.5 Å². The summed E-state index contributed by atoms with van der Waals surface area (Å²) in [5.41, 5.74) is -0.0859. The van der Waals surface area contributed by atoms with Crippen molar-refractivity contribution in [3.8, 4) is 0 Å². The van der Waals surface area contributed by atoms with E-state index < -0.39 is 0 Å². The minimum atomic E-state index is -0.0935. The molecule has 5 nitrogen and oxygen atoms in total. The van der Waals surface area contributed by atoms with Crippen LogP contribution in [-0.2, 0) is 11.2 Å². The molecule has 0 aromatic carbocycles. The number of nitrogens with one attached hydrogen (secondary N) is 2. The maximum Gasteiger partial charge on any atom is 0.314 e. The lowest BCUT2D eigenvalue weighted by Gasteiger charge is -2.45. The van der Waals surface area contributed by atoms with Crippen LogP contribution >= 0.6 is 11.3 Å². The van der Waals surface area contributed by atoms with Crippen LogP contribution in [0.2, 0.25) is 0 Å². The number of carbonyl (C=O) groups is 1. The van der Waals surface area contributed by atoms with Crippen molar-refractivity contribution in [1.29, 1.82) is 0 Å². The second-order valence-corrected chi connectivity index (χ2v) is 7.95. The number of urea groups is 1. The summed E-state index contributed by atoms with van der Waals surface area (Å²) in [6, 6.07) is 4.03. The minimum Gasteiger partial charge on any atom is -0.373 e. The molecule has 0 radical (unpaired) electrons. The smallest absolute Gasteiger partial charge is 0.314 e. The van der Waals surface area contributed by atoms with Gasteiger partial charge in [0.15, 0.2) is 0 Å². The summed E-state index contributed by atoms with van der Waals surface area (Å²) in [6.45, 7) is 11.6. The molecular formula is C17H29N3O2S. The number of morpholine rings is 1. The number of nitrogens with zero attached hydrogens (tertiary/aromatic N) is 1. The van der Waals surface area contributed by atoms with Gasteiger partial charge >= 0.3 is 6.03 Å². The lowest BCUT2D eigenvalue weighted by Crippen LogP contribution is -2.59. The lowest BCUT2D eigenvalue weighted by molar-refractivity contribution is -0.0947. The molecule has 6 heteroatoms. The van der Waals surface area contributed by atoms with Gasteiger partial charge in [0.25, 0.3) is 0 Å². The first-order valence-corrected chi connectivity index (χ1v) is 9.19. The van der Waals surface area contributed by atoms with Gasteiger partial charge in [-0.3, -0.25) is 4.90 Å². The molecule has 2 amide bonds. The molecule has 2 heterocycles. The van der Waals surface area contributed by atoms with Crippen LogP contribution in [0.25, 0.3) is 0 Å². The van der Waals surface area contributed by atoms with E-state index in [9.17, 15) is 4.79 Å². The van der Waals surface area contributed by atoms with Gasteiger partial charge in [-0.25, -0.2) is 4.79 Å². The topological polar surface area (TPSA) is 53.6 Å². The van der Waals surface area contributed by atoms with Gasteiger partial charge in [0.05, 0.1) is 12.2 Å². The Hall–Kier alpha value is -1.11. The zero-order chi connectivity index (χ0) is 16.9. The number of hydrogen-bond donors (Lipinski definition) is 2. The van der Waals surface area contributed by atoms with E-state index >= 15 is 0 Å². The van der Waals surface area contributed by atoms with E-state index in [4.69, 9.17) is 4.74 Å². The van der Waals surface area contributed by atoms with E-state index in [2.05, 4.69) is 54.7 Å². The first-order chi connectivity index (χ1) is 10.9. The Bertz CT molecular complexity index is 480. The highest BCUT2D eigenvalue weighted by atomic mass is 32.1. The van der Waals surface area contributed by atoms with E-state index in [1.54, 1.807) is 11.3 Å². The molecule has 0 unspecified atom stereocenters. The van der Waals surface area contributed by atoms with Gasteiger partial charge in [-0.05, 0) is 45.6 Å².